The molecule has 4 rings (SSSR count). The molecule has 15 heteroatoms. The van der Waals surface area contributed by atoms with Crippen molar-refractivity contribution in [1.29, 1.82) is 0 Å². The highest BCUT2D eigenvalue weighted by Gasteiger charge is 2.40. The first-order chi connectivity index (χ1) is 23.7. The van der Waals surface area contributed by atoms with Crippen LogP contribution in [-0.4, -0.2) is 49.8 Å². The summed E-state index contributed by atoms with van der Waals surface area (Å²) in [5.74, 6) is 0.123. The summed E-state index contributed by atoms with van der Waals surface area (Å²) in [5, 5.41) is 4.20. The topological polar surface area (TPSA) is 170 Å². The van der Waals surface area contributed by atoms with Crippen LogP contribution in [0.5, 0.6) is 0 Å². The normalized spacial score (nSPS) is 12.8. The van der Waals surface area contributed by atoms with Crippen LogP contribution in [0.1, 0.15) is 83.2 Å². The van der Waals surface area contributed by atoms with Crippen molar-refractivity contribution in [3.05, 3.63) is 86.6 Å². The summed E-state index contributed by atoms with van der Waals surface area (Å²) < 4.78 is 51.7. The molecule has 0 saturated heterocycles. The van der Waals surface area contributed by atoms with E-state index in [0.717, 1.165) is 54.7 Å². The monoisotopic (exact) mass is 750 g/mol. The lowest BCUT2D eigenvalue weighted by atomic mass is 9.85. The number of alkyl halides is 3. The van der Waals surface area contributed by atoms with Gasteiger partial charge >= 0.3 is 11.2 Å². The number of fused-ring (bicyclic) bond motifs is 1. The van der Waals surface area contributed by atoms with E-state index in [0.29, 0.717) is 36.3 Å². The van der Waals surface area contributed by atoms with E-state index in [4.69, 9.17) is 28.8 Å². The van der Waals surface area contributed by atoms with Crippen molar-refractivity contribution in [2.45, 2.75) is 95.0 Å². The van der Waals surface area contributed by atoms with Crippen LogP contribution in [-0.2, 0) is 34.6 Å². The molecular formula is C36H50ClF3N8O2S. The number of H-pyrrole nitrogens is 1. The van der Waals surface area contributed by atoms with Crippen LogP contribution in [0.15, 0.2) is 63.3 Å². The zero-order valence-corrected chi connectivity index (χ0v) is 31.7. The van der Waals surface area contributed by atoms with E-state index >= 15 is 0 Å². The van der Waals surface area contributed by atoms with Crippen LogP contribution in [0, 0.1) is 0 Å². The SMILES string of the molecule is CC(C)(C)c1cc(CCCCN)cc(S(=O)C(F)(F)F)c1Cl.CC(C)(C)c1cc2cn(-c3ccc(CNCCCN=C(N)N)cc3)c(=O)nc2[nH]1. The van der Waals surface area contributed by atoms with Gasteiger partial charge in [0.25, 0.3) is 0 Å². The molecule has 0 aliphatic carbocycles. The Bertz CT molecular complexity index is 1870. The van der Waals surface area contributed by atoms with Crippen LogP contribution in [0.4, 0.5) is 13.2 Å². The Morgan fingerprint density at radius 1 is 0.980 bits per heavy atom. The number of unbranched alkanes of at least 4 members (excludes halogenated alkanes) is 1. The Morgan fingerprint density at radius 2 is 1.65 bits per heavy atom. The lowest BCUT2D eigenvalue weighted by molar-refractivity contribution is -0.0384. The average Bonchev–Trinajstić information content (AvgIpc) is 3.46. The summed E-state index contributed by atoms with van der Waals surface area (Å²) in [7, 11) is -3.13. The third kappa shape index (κ3) is 12.2. The highest BCUT2D eigenvalue weighted by atomic mass is 35.5. The Balaban J connectivity index is 0.000000287. The molecule has 2 aromatic heterocycles. The number of aliphatic imine (C=N–C) groups is 1. The molecule has 0 bridgehead atoms. The largest absolute Gasteiger partial charge is 0.475 e. The minimum atomic E-state index is -4.82. The van der Waals surface area contributed by atoms with Gasteiger partial charge in [-0.05, 0) is 85.1 Å². The van der Waals surface area contributed by atoms with Gasteiger partial charge in [-0.3, -0.25) is 9.56 Å². The van der Waals surface area contributed by atoms with Crippen LogP contribution in [0.3, 0.4) is 0 Å². The second kappa shape index (κ2) is 17.7. The smallest absolute Gasteiger partial charge is 0.370 e. The van der Waals surface area contributed by atoms with Gasteiger partial charge in [-0.25, -0.2) is 9.00 Å². The van der Waals surface area contributed by atoms with Crippen LogP contribution >= 0.6 is 11.6 Å². The van der Waals surface area contributed by atoms with Gasteiger partial charge in [0.2, 0.25) is 0 Å². The summed E-state index contributed by atoms with van der Waals surface area (Å²) in [5.41, 5.74) is 15.3. The molecule has 2 aromatic carbocycles. The quantitative estimate of drug-likeness (QED) is 0.0642. The number of aryl methyl sites for hydroxylation is 1. The number of benzene rings is 2. The van der Waals surface area contributed by atoms with Gasteiger partial charge in [0.05, 0.1) is 15.6 Å². The van der Waals surface area contributed by atoms with Gasteiger partial charge in [-0.2, -0.15) is 18.2 Å². The number of nitrogens with zero attached hydrogens (tertiary/aromatic N) is 3. The number of hydrogen-bond donors (Lipinski definition) is 5. The summed E-state index contributed by atoms with van der Waals surface area (Å²) >= 11 is 6.11. The molecule has 0 spiro atoms. The first kappa shape index (κ1) is 41.7. The highest BCUT2D eigenvalue weighted by Crippen LogP contribution is 2.38. The van der Waals surface area contributed by atoms with Crippen molar-refractivity contribution in [1.82, 2.24) is 19.9 Å². The zero-order chi connectivity index (χ0) is 38.1. The molecule has 4 aromatic rings. The van der Waals surface area contributed by atoms with Crippen LogP contribution in [0.2, 0.25) is 5.02 Å². The Labute approximate surface area is 304 Å². The molecule has 0 radical (unpaired) electrons. The standard InChI is InChI=1S/C21H29N7O.C15H21ClF3NOS/c1-21(2,3)17-11-15-13-28(20(29)27-18(15)26-17)16-7-5-14(6-8-16)12-24-9-4-10-25-19(22)23;1-14(2,3)11-8-10(6-4-5-7-20)9-12(13(11)16)22(21)15(17,18)19/h5-8,11,13,24H,4,9-10,12H2,1-3H3,(H4,22,23,25)(H,26,27,29);8-9H,4-7,20H2,1-3H3. The predicted molar refractivity (Wildman–Crippen MR) is 202 cm³/mol. The molecular weight excluding hydrogens is 701 g/mol. The maximum absolute atomic E-state index is 12.8. The second-order valence-electron chi connectivity index (χ2n) is 14.3. The van der Waals surface area contributed by atoms with Gasteiger partial charge in [0.15, 0.2) is 16.8 Å². The molecule has 0 saturated carbocycles. The van der Waals surface area contributed by atoms with E-state index < -0.39 is 21.7 Å². The van der Waals surface area contributed by atoms with Crippen LogP contribution < -0.4 is 28.2 Å². The zero-order valence-electron chi connectivity index (χ0n) is 30.1. The van der Waals surface area contributed by atoms with Crippen molar-refractivity contribution in [3.8, 4) is 5.69 Å². The van der Waals surface area contributed by atoms with Gasteiger partial charge in [-0.1, -0.05) is 71.3 Å². The number of rotatable bonds is 12. The van der Waals surface area contributed by atoms with Crippen LogP contribution in [0.25, 0.3) is 16.7 Å². The number of nitrogens with one attached hydrogen (secondary N) is 2. The summed E-state index contributed by atoms with van der Waals surface area (Å²) in [6, 6.07) is 13.0. The molecule has 0 fully saturated rings. The molecule has 51 heavy (non-hydrogen) atoms. The molecule has 0 aliphatic rings. The van der Waals surface area contributed by atoms with Gasteiger partial charge in [-0.15, -0.1) is 0 Å². The van der Waals surface area contributed by atoms with E-state index in [-0.39, 0.29) is 27.0 Å². The average molecular weight is 751 g/mol. The fraction of sp³-hybridized carbons (Fsp3) is 0.472. The van der Waals surface area contributed by atoms with Crippen molar-refractivity contribution in [3.63, 3.8) is 0 Å². The van der Waals surface area contributed by atoms with E-state index in [9.17, 15) is 22.2 Å². The fourth-order valence-corrected chi connectivity index (χ4v) is 6.46. The number of aromatic amines is 1. The molecule has 8 N–H and O–H groups in total. The van der Waals surface area contributed by atoms with E-state index in [1.54, 1.807) is 10.6 Å². The number of halogens is 4. The molecule has 2 heterocycles. The molecule has 1 atom stereocenters. The molecule has 0 aliphatic heterocycles. The summed E-state index contributed by atoms with van der Waals surface area (Å²) in [6.07, 6.45) is 4.84. The summed E-state index contributed by atoms with van der Waals surface area (Å²) in [6.45, 7) is 14.6. The molecule has 10 nitrogen and oxygen atoms in total. The van der Waals surface area contributed by atoms with E-state index in [1.807, 2.05) is 51.2 Å². The number of hydrogen-bond acceptors (Lipinski definition) is 6. The van der Waals surface area contributed by atoms with E-state index in [1.165, 1.54) is 6.07 Å². The van der Waals surface area contributed by atoms with Crippen molar-refractivity contribution in [2.75, 3.05) is 19.6 Å². The number of nitrogens with two attached hydrogens (primary N) is 3. The first-order valence-corrected chi connectivity index (χ1v) is 18.2. The Morgan fingerprint density at radius 3 is 2.22 bits per heavy atom. The first-order valence-electron chi connectivity index (χ1n) is 16.7. The third-order valence-corrected chi connectivity index (χ3v) is 9.56. The van der Waals surface area contributed by atoms with E-state index in [2.05, 4.69) is 47.1 Å². The van der Waals surface area contributed by atoms with Gasteiger partial charge in [0.1, 0.15) is 5.65 Å². The van der Waals surface area contributed by atoms with Crippen molar-refractivity contribution in [2.24, 2.45) is 22.2 Å². The third-order valence-electron chi connectivity index (χ3n) is 7.90. The van der Waals surface area contributed by atoms with Crippen molar-refractivity contribution >= 4 is 39.4 Å². The molecule has 1 unspecified atom stereocenters. The maximum atomic E-state index is 12.8. The second-order valence-corrected chi connectivity index (χ2v) is 16.1. The van der Waals surface area contributed by atoms with Gasteiger partial charge < -0.3 is 27.5 Å². The lowest BCUT2D eigenvalue weighted by Crippen LogP contribution is -2.23. The van der Waals surface area contributed by atoms with Gasteiger partial charge in [0, 0.05) is 35.8 Å². The lowest BCUT2D eigenvalue weighted by Gasteiger charge is -2.23. The molecule has 280 valence electrons. The highest BCUT2D eigenvalue weighted by molar-refractivity contribution is 7.86. The number of aromatic nitrogens is 3. The molecule has 0 amide bonds. The maximum Gasteiger partial charge on any atom is 0.475 e. The minimum Gasteiger partial charge on any atom is -0.370 e. The number of guanidine groups is 1. The van der Waals surface area contributed by atoms with Crippen molar-refractivity contribution < 1.29 is 17.4 Å². The predicted octanol–water partition coefficient (Wildman–Crippen LogP) is 6.31. The summed E-state index contributed by atoms with van der Waals surface area (Å²) in [4.78, 5) is 23.5. The Hall–Kier alpha value is -3.72. The Kier molecular flexibility index (Phi) is 14.4. The minimum absolute atomic E-state index is 0.0352. The fourth-order valence-electron chi connectivity index (χ4n) is 5.08.